The Hall–Kier alpha value is -0.730. The van der Waals surface area contributed by atoms with Crippen LogP contribution in [0.5, 0.6) is 0 Å². The van der Waals surface area contributed by atoms with Gasteiger partial charge in [0.25, 0.3) is 0 Å². The molecule has 0 aliphatic carbocycles. The zero-order valence-electron chi connectivity index (χ0n) is 10.4. The van der Waals surface area contributed by atoms with Crippen LogP contribution in [0, 0.1) is 0 Å². The summed E-state index contributed by atoms with van der Waals surface area (Å²) in [7, 11) is -2.34. The average Bonchev–Trinajstić information content (AvgIpc) is 2.14. The molecular weight excluding hydrogens is 262 g/mol. The third-order valence-electron chi connectivity index (χ3n) is 2.10. The van der Waals surface area contributed by atoms with Crippen LogP contribution in [0.3, 0.4) is 0 Å². The largest absolute Gasteiger partial charge is 0.392 e. The number of nitrogens with zero attached hydrogens (tertiary/aromatic N) is 1. The highest BCUT2D eigenvalue weighted by atomic mass is 32.2. The van der Waals surface area contributed by atoms with E-state index in [0.717, 1.165) is 4.31 Å². The lowest BCUT2D eigenvalue weighted by atomic mass is 10.4. The number of hydrogen-bond acceptors (Lipinski definition) is 4. The van der Waals surface area contributed by atoms with Crippen molar-refractivity contribution >= 4 is 33.1 Å². The summed E-state index contributed by atoms with van der Waals surface area (Å²) in [5.41, 5.74) is 5.30. The number of likely N-dealkylation sites (N-methyl/N-ethyl adjacent to an activating group) is 1. The summed E-state index contributed by atoms with van der Waals surface area (Å²) >= 11 is 4.64. The van der Waals surface area contributed by atoms with E-state index in [1.54, 1.807) is 13.8 Å². The standard InChI is InChI=1S/C9H19N3O3S2/c1-6(2)11-8(13)5-12(4)17(14,15)7(3)9(10)16/h6-7H,5H2,1-4H3,(H2,10,16)(H,11,13). The SMILES string of the molecule is CC(C)NC(=O)CN(C)S(=O)(=O)C(C)C(N)=S. The zero-order valence-corrected chi connectivity index (χ0v) is 12.1. The number of rotatable bonds is 6. The molecule has 0 saturated carbocycles. The van der Waals surface area contributed by atoms with Crippen LogP contribution in [0.15, 0.2) is 0 Å². The van der Waals surface area contributed by atoms with E-state index in [-0.39, 0.29) is 23.5 Å². The van der Waals surface area contributed by atoms with Crippen LogP contribution < -0.4 is 11.1 Å². The molecule has 0 spiro atoms. The normalized spacial score (nSPS) is 13.8. The molecule has 0 rings (SSSR count). The first-order valence-corrected chi connectivity index (χ1v) is 7.04. The van der Waals surface area contributed by atoms with Crippen molar-refractivity contribution in [2.45, 2.75) is 32.1 Å². The highest BCUT2D eigenvalue weighted by Gasteiger charge is 2.29. The van der Waals surface area contributed by atoms with E-state index in [9.17, 15) is 13.2 Å². The van der Waals surface area contributed by atoms with Gasteiger partial charge in [-0.1, -0.05) is 12.2 Å². The Morgan fingerprint density at radius 1 is 1.41 bits per heavy atom. The van der Waals surface area contributed by atoms with Gasteiger partial charge in [-0.2, -0.15) is 4.31 Å². The van der Waals surface area contributed by atoms with Crippen molar-refractivity contribution in [1.29, 1.82) is 0 Å². The van der Waals surface area contributed by atoms with Gasteiger partial charge in [0.2, 0.25) is 15.9 Å². The van der Waals surface area contributed by atoms with E-state index in [1.165, 1.54) is 14.0 Å². The minimum absolute atomic E-state index is 0.0355. The van der Waals surface area contributed by atoms with Crippen molar-refractivity contribution < 1.29 is 13.2 Å². The van der Waals surface area contributed by atoms with Crippen molar-refractivity contribution in [1.82, 2.24) is 9.62 Å². The molecule has 17 heavy (non-hydrogen) atoms. The third kappa shape index (κ3) is 4.97. The predicted octanol–water partition coefficient (Wildman–Crippen LogP) is -0.553. The molecule has 8 heteroatoms. The van der Waals surface area contributed by atoms with Gasteiger partial charge in [0.1, 0.15) is 5.25 Å². The fourth-order valence-corrected chi connectivity index (χ4v) is 2.57. The van der Waals surface area contributed by atoms with E-state index < -0.39 is 15.3 Å². The molecule has 6 nitrogen and oxygen atoms in total. The van der Waals surface area contributed by atoms with E-state index in [4.69, 9.17) is 5.73 Å². The zero-order chi connectivity index (χ0) is 13.8. The fourth-order valence-electron chi connectivity index (χ4n) is 1.08. The van der Waals surface area contributed by atoms with Gasteiger partial charge in [-0.25, -0.2) is 8.42 Å². The Labute approximate surface area is 108 Å². The van der Waals surface area contributed by atoms with Gasteiger partial charge in [-0.15, -0.1) is 0 Å². The molecule has 0 aromatic rings. The Morgan fingerprint density at radius 3 is 2.24 bits per heavy atom. The highest BCUT2D eigenvalue weighted by molar-refractivity contribution is 7.92. The maximum absolute atomic E-state index is 11.9. The second-order valence-corrected chi connectivity index (χ2v) is 6.90. The molecule has 0 aliphatic heterocycles. The molecule has 0 aromatic carbocycles. The quantitative estimate of drug-likeness (QED) is 0.637. The maximum atomic E-state index is 11.9. The Morgan fingerprint density at radius 2 is 1.88 bits per heavy atom. The second kappa shape index (κ2) is 6.27. The molecule has 1 amide bonds. The van der Waals surface area contributed by atoms with Gasteiger partial charge in [0.15, 0.2) is 0 Å². The van der Waals surface area contributed by atoms with Gasteiger partial charge in [0, 0.05) is 13.1 Å². The summed E-state index contributed by atoms with van der Waals surface area (Å²) in [6.07, 6.45) is 0. The minimum atomic E-state index is -3.66. The molecule has 0 fully saturated rings. The van der Waals surface area contributed by atoms with Crippen molar-refractivity contribution in [3.05, 3.63) is 0 Å². The number of sulfonamides is 1. The Kier molecular flexibility index (Phi) is 6.00. The highest BCUT2D eigenvalue weighted by Crippen LogP contribution is 2.06. The van der Waals surface area contributed by atoms with Crippen LogP contribution in [-0.2, 0) is 14.8 Å². The molecule has 0 aromatic heterocycles. The van der Waals surface area contributed by atoms with Gasteiger partial charge in [-0.05, 0) is 20.8 Å². The van der Waals surface area contributed by atoms with E-state index in [0.29, 0.717) is 0 Å². The lowest BCUT2D eigenvalue weighted by Crippen LogP contribution is -2.46. The van der Waals surface area contributed by atoms with Crippen molar-refractivity contribution in [2.75, 3.05) is 13.6 Å². The summed E-state index contributed by atoms with van der Waals surface area (Å²) in [5.74, 6) is -0.360. The lowest BCUT2D eigenvalue weighted by Gasteiger charge is -2.21. The molecule has 0 bridgehead atoms. The second-order valence-electron chi connectivity index (χ2n) is 4.07. The van der Waals surface area contributed by atoms with Gasteiger partial charge >= 0.3 is 0 Å². The molecule has 0 radical (unpaired) electrons. The number of hydrogen-bond donors (Lipinski definition) is 2. The first kappa shape index (κ1) is 16.3. The van der Waals surface area contributed by atoms with E-state index in [2.05, 4.69) is 17.5 Å². The molecular formula is C9H19N3O3S2. The molecule has 100 valence electrons. The minimum Gasteiger partial charge on any atom is -0.392 e. The number of nitrogens with one attached hydrogen (secondary N) is 1. The number of carbonyl (C=O) groups is 1. The average molecular weight is 281 g/mol. The van der Waals surface area contributed by atoms with Crippen LogP contribution in [0.4, 0.5) is 0 Å². The molecule has 0 aliphatic rings. The van der Waals surface area contributed by atoms with Gasteiger partial charge in [-0.3, -0.25) is 4.79 Å². The van der Waals surface area contributed by atoms with Crippen LogP contribution in [0.25, 0.3) is 0 Å². The van der Waals surface area contributed by atoms with E-state index >= 15 is 0 Å². The summed E-state index contributed by atoms with van der Waals surface area (Å²) in [5, 5.41) is 1.63. The fraction of sp³-hybridized carbons (Fsp3) is 0.778. The van der Waals surface area contributed by atoms with Crippen LogP contribution >= 0.6 is 12.2 Å². The lowest BCUT2D eigenvalue weighted by molar-refractivity contribution is -0.121. The van der Waals surface area contributed by atoms with Crippen molar-refractivity contribution in [2.24, 2.45) is 5.73 Å². The number of thiocarbonyl (C=S) groups is 1. The van der Waals surface area contributed by atoms with Gasteiger partial charge < -0.3 is 11.1 Å². The summed E-state index contributed by atoms with van der Waals surface area (Å²) < 4.78 is 24.7. The van der Waals surface area contributed by atoms with Crippen molar-refractivity contribution in [3.63, 3.8) is 0 Å². The summed E-state index contributed by atoms with van der Waals surface area (Å²) in [6, 6.07) is -0.0355. The molecule has 0 heterocycles. The number of carbonyl (C=O) groups excluding carboxylic acids is 1. The number of nitrogens with two attached hydrogens (primary N) is 1. The van der Waals surface area contributed by atoms with Crippen LogP contribution in [-0.4, -0.2) is 48.5 Å². The van der Waals surface area contributed by atoms with E-state index in [1.807, 2.05) is 0 Å². The third-order valence-corrected chi connectivity index (χ3v) is 4.75. The van der Waals surface area contributed by atoms with Gasteiger partial charge in [0.05, 0.1) is 11.5 Å². The topological polar surface area (TPSA) is 92.5 Å². The summed E-state index contributed by atoms with van der Waals surface area (Å²) in [4.78, 5) is 11.3. The number of amides is 1. The first-order chi connectivity index (χ1) is 7.59. The van der Waals surface area contributed by atoms with Crippen molar-refractivity contribution in [3.8, 4) is 0 Å². The molecule has 1 atom stereocenters. The molecule has 0 saturated heterocycles. The monoisotopic (exact) mass is 281 g/mol. The first-order valence-electron chi connectivity index (χ1n) is 5.12. The Balaban J connectivity index is 4.66. The molecule has 1 unspecified atom stereocenters. The predicted molar refractivity (Wildman–Crippen MR) is 71.1 cm³/mol. The Bertz CT molecular complexity index is 392. The van der Waals surface area contributed by atoms with Crippen LogP contribution in [0.2, 0.25) is 0 Å². The molecule has 3 N–H and O–H groups in total. The summed E-state index contributed by atoms with van der Waals surface area (Å²) in [6.45, 7) is 4.75. The smallest absolute Gasteiger partial charge is 0.235 e. The maximum Gasteiger partial charge on any atom is 0.235 e. The van der Waals surface area contributed by atoms with Crippen LogP contribution in [0.1, 0.15) is 20.8 Å².